The van der Waals surface area contributed by atoms with Gasteiger partial charge in [0, 0.05) is 12.3 Å². The van der Waals surface area contributed by atoms with E-state index in [4.69, 9.17) is 0 Å². The summed E-state index contributed by atoms with van der Waals surface area (Å²) in [5.41, 5.74) is 2.21. The molecule has 1 aromatic carbocycles. The lowest BCUT2D eigenvalue weighted by Crippen LogP contribution is -2.32. The number of thioether (sulfide) groups is 1. The van der Waals surface area contributed by atoms with E-state index in [2.05, 4.69) is 43.2 Å². The number of benzene rings is 1. The van der Waals surface area contributed by atoms with Crippen molar-refractivity contribution in [2.75, 3.05) is 17.6 Å². The van der Waals surface area contributed by atoms with Crippen molar-refractivity contribution in [1.82, 2.24) is 25.7 Å². The number of hydrogen-bond donors (Lipinski definition) is 4. The first-order valence-corrected chi connectivity index (χ1v) is 12.3. The summed E-state index contributed by atoms with van der Waals surface area (Å²) < 4.78 is 0.873. The van der Waals surface area contributed by atoms with Crippen LogP contribution in [0.15, 0.2) is 28.6 Å². The number of thiazole rings is 1. The smallest absolute Gasteiger partial charge is 0.321 e. The Balaban J connectivity index is 1.22. The second-order valence-corrected chi connectivity index (χ2v) is 11.1. The molecular formula is C21H26N6O3S2. The standard InChI is InChI=1S/C21H26N6O3S2/c1-21(2,18(28)29)11-31-17-10-23-20(32-17)24-19(30)22-9-12-3-4-13(7-12)14-5-6-15-16(8-14)26-27-25-15/h5-6,8,10,12-13H,3-4,7,9,11H2,1-2H3,(H,28,29)(H,25,26,27)(H2,22,23,24,30). The van der Waals surface area contributed by atoms with Crippen LogP contribution in [0.25, 0.3) is 11.0 Å². The van der Waals surface area contributed by atoms with Crippen molar-refractivity contribution in [2.45, 2.75) is 43.2 Å². The predicted molar refractivity (Wildman–Crippen MR) is 125 cm³/mol. The van der Waals surface area contributed by atoms with Gasteiger partial charge in [-0.15, -0.1) is 11.8 Å². The highest BCUT2D eigenvalue weighted by atomic mass is 32.2. The van der Waals surface area contributed by atoms with Crippen LogP contribution < -0.4 is 10.6 Å². The monoisotopic (exact) mass is 474 g/mol. The van der Waals surface area contributed by atoms with E-state index >= 15 is 0 Å². The lowest BCUT2D eigenvalue weighted by Gasteiger charge is -2.17. The molecule has 0 bridgehead atoms. The van der Waals surface area contributed by atoms with Gasteiger partial charge in [0.1, 0.15) is 11.0 Å². The maximum Gasteiger partial charge on any atom is 0.321 e. The Morgan fingerprint density at radius 2 is 2.09 bits per heavy atom. The Labute approximate surface area is 193 Å². The van der Waals surface area contributed by atoms with Crippen LogP contribution in [0.3, 0.4) is 0 Å². The molecule has 2 amide bonds. The summed E-state index contributed by atoms with van der Waals surface area (Å²) in [4.78, 5) is 27.7. The summed E-state index contributed by atoms with van der Waals surface area (Å²) in [6.45, 7) is 4.00. The normalized spacial score (nSPS) is 18.7. The van der Waals surface area contributed by atoms with Crippen molar-refractivity contribution >= 4 is 51.3 Å². The molecule has 32 heavy (non-hydrogen) atoms. The second kappa shape index (κ2) is 9.45. The maximum absolute atomic E-state index is 12.3. The Bertz CT molecular complexity index is 1110. The second-order valence-electron chi connectivity index (χ2n) is 8.74. The summed E-state index contributed by atoms with van der Waals surface area (Å²) in [6.07, 6.45) is 4.85. The fourth-order valence-electron chi connectivity index (χ4n) is 3.75. The summed E-state index contributed by atoms with van der Waals surface area (Å²) in [6, 6.07) is 5.94. The first-order valence-electron chi connectivity index (χ1n) is 10.5. The fourth-order valence-corrected chi connectivity index (χ4v) is 5.70. The molecular weight excluding hydrogens is 448 g/mol. The molecule has 2 heterocycles. The van der Waals surface area contributed by atoms with Crippen molar-refractivity contribution in [3.05, 3.63) is 30.0 Å². The summed E-state index contributed by atoms with van der Waals surface area (Å²) in [7, 11) is 0. The lowest BCUT2D eigenvalue weighted by atomic mass is 9.96. The Morgan fingerprint density at radius 1 is 1.28 bits per heavy atom. The molecule has 9 nitrogen and oxygen atoms in total. The Kier molecular flexibility index (Phi) is 6.66. The van der Waals surface area contributed by atoms with E-state index in [1.165, 1.54) is 28.7 Å². The molecule has 0 spiro atoms. The highest BCUT2D eigenvalue weighted by Crippen LogP contribution is 2.38. The van der Waals surface area contributed by atoms with Gasteiger partial charge in [-0.05, 0) is 62.6 Å². The quantitative estimate of drug-likeness (QED) is 0.357. The molecule has 1 fully saturated rings. The number of rotatable bonds is 8. The molecule has 11 heteroatoms. The molecule has 170 valence electrons. The average molecular weight is 475 g/mol. The number of aromatic nitrogens is 4. The van der Waals surface area contributed by atoms with Crippen molar-refractivity contribution in [3.63, 3.8) is 0 Å². The number of nitrogens with one attached hydrogen (secondary N) is 3. The van der Waals surface area contributed by atoms with Crippen LogP contribution in [0.5, 0.6) is 0 Å². The van der Waals surface area contributed by atoms with E-state index in [1.807, 2.05) is 6.07 Å². The Hall–Kier alpha value is -2.66. The van der Waals surface area contributed by atoms with Gasteiger partial charge in [0.2, 0.25) is 0 Å². The fraction of sp³-hybridized carbons (Fsp3) is 0.476. The zero-order valence-electron chi connectivity index (χ0n) is 17.9. The van der Waals surface area contributed by atoms with Crippen molar-refractivity contribution < 1.29 is 14.7 Å². The molecule has 2 atom stereocenters. The van der Waals surface area contributed by atoms with Gasteiger partial charge in [0.05, 0.1) is 15.8 Å². The molecule has 0 radical (unpaired) electrons. The molecule has 2 unspecified atom stereocenters. The van der Waals surface area contributed by atoms with Crippen LogP contribution in [0.4, 0.5) is 9.93 Å². The van der Waals surface area contributed by atoms with E-state index in [9.17, 15) is 14.7 Å². The van der Waals surface area contributed by atoms with Gasteiger partial charge in [-0.25, -0.2) is 9.78 Å². The highest BCUT2D eigenvalue weighted by molar-refractivity contribution is 8.01. The molecule has 3 aromatic rings. The number of urea groups is 1. The van der Waals surface area contributed by atoms with Crippen LogP contribution in [0, 0.1) is 11.3 Å². The first kappa shape index (κ1) is 22.5. The summed E-state index contributed by atoms with van der Waals surface area (Å²) in [5.74, 6) is 0.502. The predicted octanol–water partition coefficient (Wildman–Crippen LogP) is 4.32. The molecule has 1 saturated carbocycles. The molecule has 4 N–H and O–H groups in total. The number of anilines is 1. The summed E-state index contributed by atoms with van der Waals surface area (Å²) in [5, 5.41) is 26.4. The van der Waals surface area contributed by atoms with Crippen LogP contribution in [-0.2, 0) is 4.79 Å². The van der Waals surface area contributed by atoms with E-state index in [0.717, 1.165) is 34.5 Å². The van der Waals surface area contributed by atoms with Crippen molar-refractivity contribution in [2.24, 2.45) is 11.3 Å². The summed E-state index contributed by atoms with van der Waals surface area (Å²) >= 11 is 2.77. The number of carboxylic acids is 1. The first-order chi connectivity index (χ1) is 15.3. The molecule has 1 aliphatic rings. The van der Waals surface area contributed by atoms with Gasteiger partial charge in [0.15, 0.2) is 5.13 Å². The van der Waals surface area contributed by atoms with Gasteiger partial charge >= 0.3 is 12.0 Å². The van der Waals surface area contributed by atoms with E-state index in [-0.39, 0.29) is 6.03 Å². The minimum Gasteiger partial charge on any atom is -0.481 e. The third-order valence-corrected chi connectivity index (χ3v) is 8.33. The van der Waals surface area contributed by atoms with Crippen LogP contribution in [-0.4, -0.2) is 49.8 Å². The van der Waals surface area contributed by atoms with E-state index in [0.29, 0.717) is 29.3 Å². The number of fused-ring (bicyclic) bond motifs is 1. The minimum atomic E-state index is -0.833. The molecule has 1 aliphatic carbocycles. The number of H-pyrrole nitrogens is 1. The number of amides is 2. The largest absolute Gasteiger partial charge is 0.481 e. The van der Waals surface area contributed by atoms with Gasteiger partial charge in [0.25, 0.3) is 0 Å². The number of aromatic amines is 1. The van der Waals surface area contributed by atoms with Gasteiger partial charge in [-0.2, -0.15) is 15.4 Å². The number of hydrogen-bond acceptors (Lipinski definition) is 7. The van der Waals surface area contributed by atoms with Crippen LogP contribution in [0.1, 0.15) is 44.6 Å². The van der Waals surface area contributed by atoms with E-state index in [1.54, 1.807) is 20.0 Å². The van der Waals surface area contributed by atoms with Crippen molar-refractivity contribution in [1.29, 1.82) is 0 Å². The number of aliphatic carboxylic acids is 1. The van der Waals surface area contributed by atoms with Crippen LogP contribution in [0.2, 0.25) is 0 Å². The molecule has 2 aromatic heterocycles. The number of carbonyl (C=O) groups is 2. The highest BCUT2D eigenvalue weighted by Gasteiger charge is 2.28. The molecule has 0 saturated heterocycles. The Morgan fingerprint density at radius 3 is 2.91 bits per heavy atom. The average Bonchev–Trinajstić information content (AvgIpc) is 3.50. The third kappa shape index (κ3) is 5.39. The van der Waals surface area contributed by atoms with Gasteiger partial charge < -0.3 is 10.4 Å². The van der Waals surface area contributed by atoms with Crippen molar-refractivity contribution in [3.8, 4) is 0 Å². The van der Waals surface area contributed by atoms with Gasteiger partial charge in [-0.1, -0.05) is 17.4 Å². The maximum atomic E-state index is 12.3. The zero-order valence-corrected chi connectivity index (χ0v) is 19.6. The van der Waals surface area contributed by atoms with E-state index < -0.39 is 11.4 Å². The molecule has 4 rings (SSSR count). The van der Waals surface area contributed by atoms with Crippen LogP contribution >= 0.6 is 23.1 Å². The zero-order chi connectivity index (χ0) is 22.7. The number of carbonyl (C=O) groups excluding carboxylic acids is 1. The minimum absolute atomic E-state index is 0.269. The number of nitrogens with zero attached hydrogens (tertiary/aromatic N) is 3. The SMILES string of the molecule is CC(C)(CSc1cnc(NC(=O)NCC2CCC(c3ccc4n[nH]nc4c3)C2)s1)C(=O)O. The third-order valence-electron chi connectivity index (χ3n) is 5.76. The lowest BCUT2D eigenvalue weighted by molar-refractivity contribution is -0.145. The number of carboxylic acid groups (broad SMARTS) is 1. The molecule has 0 aliphatic heterocycles. The topological polar surface area (TPSA) is 133 Å². The van der Waals surface area contributed by atoms with Gasteiger partial charge in [-0.3, -0.25) is 10.1 Å².